The van der Waals surface area contributed by atoms with Crippen molar-refractivity contribution < 1.29 is 8.76 Å². The summed E-state index contributed by atoms with van der Waals surface area (Å²) in [4.78, 5) is 9.70. The molecule has 1 N–H and O–H groups in total. The van der Waals surface area contributed by atoms with E-state index in [1.807, 2.05) is 36.4 Å². The van der Waals surface area contributed by atoms with E-state index in [0.717, 1.165) is 60.0 Å². The van der Waals surface area contributed by atoms with Gasteiger partial charge in [0.15, 0.2) is 11.1 Å². The number of anilines is 2. The van der Waals surface area contributed by atoms with Crippen LogP contribution in [0.15, 0.2) is 65.6 Å². The van der Waals surface area contributed by atoms with Gasteiger partial charge in [-0.15, -0.1) is 0 Å². The molecule has 32 heavy (non-hydrogen) atoms. The highest BCUT2D eigenvalue weighted by Crippen LogP contribution is 2.32. The van der Waals surface area contributed by atoms with Crippen LogP contribution >= 0.6 is 11.5 Å². The lowest BCUT2D eigenvalue weighted by Gasteiger charge is -2.36. The predicted octanol–water partition coefficient (Wildman–Crippen LogP) is 4.50. The summed E-state index contributed by atoms with van der Waals surface area (Å²) >= 11 is -0.612. The summed E-state index contributed by atoms with van der Waals surface area (Å²) in [6.45, 7) is 5.19. The highest BCUT2D eigenvalue weighted by Gasteiger charge is 2.24. The van der Waals surface area contributed by atoms with Gasteiger partial charge in [0.1, 0.15) is 5.82 Å². The highest BCUT2D eigenvalue weighted by atomic mass is 32.2. The van der Waals surface area contributed by atoms with E-state index in [1.165, 1.54) is 22.7 Å². The molecule has 0 radical (unpaired) electrons. The Kier molecular flexibility index (Phi) is 5.91. The summed E-state index contributed by atoms with van der Waals surface area (Å²) in [5.41, 5.74) is 3.30. The molecule has 3 aromatic carbocycles. The second-order valence-corrected chi connectivity index (χ2v) is 9.65. The molecule has 1 aromatic heterocycles. The van der Waals surface area contributed by atoms with Crippen molar-refractivity contribution >= 4 is 44.2 Å². The summed E-state index contributed by atoms with van der Waals surface area (Å²) in [6.07, 6.45) is 0.736. The van der Waals surface area contributed by atoms with E-state index in [9.17, 15) is 8.76 Å². The van der Waals surface area contributed by atoms with Gasteiger partial charge in [-0.25, -0.2) is 9.19 Å². The number of nitrogens with zero attached hydrogens (tertiary/aromatic N) is 4. The largest absolute Gasteiger partial charge is 0.367 e. The predicted molar refractivity (Wildman–Crippen MR) is 131 cm³/mol. The topological polar surface area (TPSA) is 69.6 Å². The molecule has 4 aromatic rings. The summed E-state index contributed by atoms with van der Waals surface area (Å²) in [5, 5.41) is 2.75. The first kappa shape index (κ1) is 21.1. The fourth-order valence-electron chi connectivity index (χ4n) is 4.14. The number of aryl methyl sites for hydroxylation is 1. The third-order valence-electron chi connectivity index (χ3n) is 5.86. The van der Waals surface area contributed by atoms with Crippen LogP contribution in [0.25, 0.3) is 10.8 Å². The zero-order valence-corrected chi connectivity index (χ0v) is 19.4. The van der Waals surface area contributed by atoms with Crippen molar-refractivity contribution in [2.24, 2.45) is 0 Å². The number of benzene rings is 3. The van der Waals surface area contributed by atoms with Gasteiger partial charge in [0.05, 0.1) is 10.6 Å². The molecule has 1 aliphatic rings. The Morgan fingerprint density at radius 2 is 1.69 bits per heavy atom. The summed E-state index contributed by atoms with van der Waals surface area (Å²) in [7, 11) is 0. The molecule has 1 unspecified atom stereocenters. The van der Waals surface area contributed by atoms with Gasteiger partial charge in [-0.05, 0) is 23.9 Å². The Labute approximate surface area is 194 Å². The maximum Gasteiger partial charge on any atom is 0.205 e. The molecule has 1 fully saturated rings. The molecular weight excluding hydrogens is 440 g/mol. The van der Waals surface area contributed by atoms with Gasteiger partial charge in [-0.2, -0.15) is 4.37 Å². The monoisotopic (exact) mass is 464 g/mol. The fraction of sp³-hybridized carbons (Fsp3) is 0.250. The zero-order valence-electron chi connectivity index (χ0n) is 17.8. The van der Waals surface area contributed by atoms with Crippen LogP contribution < -0.4 is 9.80 Å². The molecule has 1 saturated heterocycles. The van der Waals surface area contributed by atoms with Crippen molar-refractivity contribution in [3.05, 3.63) is 77.6 Å². The molecule has 1 aliphatic heterocycles. The van der Waals surface area contributed by atoms with Crippen LogP contribution in [0.1, 0.15) is 17.0 Å². The smallest absolute Gasteiger partial charge is 0.205 e. The Bertz CT molecular complexity index is 1260. The summed E-state index contributed by atoms with van der Waals surface area (Å²) in [5.74, 6) is 0.851. The number of hydrogen-bond acceptors (Lipinski definition) is 6. The Morgan fingerprint density at radius 3 is 2.44 bits per heavy atom. The van der Waals surface area contributed by atoms with Crippen LogP contribution in [-0.4, -0.2) is 44.3 Å². The van der Waals surface area contributed by atoms with Crippen LogP contribution in [0.3, 0.4) is 0 Å². The van der Waals surface area contributed by atoms with Crippen LogP contribution in [0.2, 0.25) is 0 Å². The molecule has 164 valence electrons. The third-order valence-corrected chi connectivity index (χ3v) is 7.46. The standard InChI is InChI=1S/C24H24N4O2S2/c1-17-6-8-18(9-7-17)16-22-25-24(31-26-22)28-14-12-27(13-15-28)21-11-10-19-4-2-3-5-20(19)23(21)32(29)30/h2-11H,12-16H2,1H3,(H,29,30). The molecule has 0 amide bonds. The van der Waals surface area contributed by atoms with Gasteiger partial charge < -0.3 is 14.4 Å². The number of aromatic nitrogens is 2. The number of piperazine rings is 1. The third kappa shape index (κ3) is 4.26. The second-order valence-electron chi connectivity index (χ2n) is 8.01. The van der Waals surface area contributed by atoms with Crippen molar-refractivity contribution in [3.63, 3.8) is 0 Å². The van der Waals surface area contributed by atoms with E-state index in [1.54, 1.807) is 0 Å². The molecule has 0 spiro atoms. The molecule has 0 bridgehead atoms. The maximum absolute atomic E-state index is 12.2. The summed E-state index contributed by atoms with van der Waals surface area (Å²) in [6, 6.07) is 20.2. The van der Waals surface area contributed by atoms with E-state index in [2.05, 4.69) is 45.4 Å². The lowest BCUT2D eigenvalue weighted by Crippen LogP contribution is -2.46. The molecule has 0 saturated carbocycles. The van der Waals surface area contributed by atoms with E-state index in [4.69, 9.17) is 4.98 Å². The van der Waals surface area contributed by atoms with E-state index in [-0.39, 0.29) is 0 Å². The van der Waals surface area contributed by atoms with Crippen molar-refractivity contribution in [3.8, 4) is 0 Å². The van der Waals surface area contributed by atoms with Crippen LogP contribution in [0.5, 0.6) is 0 Å². The van der Waals surface area contributed by atoms with Gasteiger partial charge in [-0.1, -0.05) is 60.2 Å². The van der Waals surface area contributed by atoms with Crippen LogP contribution in [-0.2, 0) is 17.5 Å². The van der Waals surface area contributed by atoms with Crippen molar-refractivity contribution in [2.75, 3.05) is 36.0 Å². The summed E-state index contributed by atoms with van der Waals surface area (Å²) < 4.78 is 26.8. The average Bonchev–Trinajstić information content (AvgIpc) is 3.28. The Hall–Kier alpha value is -2.81. The molecule has 6 nitrogen and oxygen atoms in total. The van der Waals surface area contributed by atoms with E-state index in [0.29, 0.717) is 4.90 Å². The van der Waals surface area contributed by atoms with Crippen molar-refractivity contribution in [1.29, 1.82) is 0 Å². The number of fused-ring (bicyclic) bond motifs is 1. The minimum Gasteiger partial charge on any atom is -0.367 e. The van der Waals surface area contributed by atoms with E-state index < -0.39 is 11.1 Å². The molecule has 2 heterocycles. The Balaban J connectivity index is 1.30. The van der Waals surface area contributed by atoms with Gasteiger partial charge in [-0.3, -0.25) is 0 Å². The number of hydrogen-bond donors (Lipinski definition) is 1. The fourth-order valence-corrected chi connectivity index (χ4v) is 5.62. The highest BCUT2D eigenvalue weighted by molar-refractivity contribution is 7.79. The van der Waals surface area contributed by atoms with Gasteiger partial charge in [0.2, 0.25) is 5.13 Å². The quantitative estimate of drug-likeness (QED) is 0.439. The molecule has 5 rings (SSSR count). The first-order valence-corrected chi connectivity index (χ1v) is 12.5. The lowest BCUT2D eigenvalue weighted by atomic mass is 10.1. The van der Waals surface area contributed by atoms with Gasteiger partial charge in [0.25, 0.3) is 0 Å². The number of rotatable bonds is 5. The first-order chi connectivity index (χ1) is 15.6. The Morgan fingerprint density at radius 1 is 0.969 bits per heavy atom. The van der Waals surface area contributed by atoms with Crippen LogP contribution in [0, 0.1) is 6.92 Å². The molecular formula is C24H24N4O2S2. The maximum atomic E-state index is 12.2. The molecule has 0 aliphatic carbocycles. The average molecular weight is 465 g/mol. The SMILES string of the molecule is Cc1ccc(Cc2nsc(N3CCN(c4ccc5ccccc5c4S(=O)O)CC3)n2)cc1. The van der Waals surface area contributed by atoms with Gasteiger partial charge >= 0.3 is 0 Å². The normalized spacial score (nSPS) is 15.3. The minimum atomic E-state index is -2.05. The lowest BCUT2D eigenvalue weighted by molar-refractivity contribution is 0.564. The van der Waals surface area contributed by atoms with Gasteiger partial charge in [0, 0.05) is 49.5 Å². The molecule has 1 atom stereocenters. The zero-order chi connectivity index (χ0) is 22.1. The van der Waals surface area contributed by atoms with E-state index >= 15 is 0 Å². The molecule has 8 heteroatoms. The first-order valence-electron chi connectivity index (χ1n) is 10.6. The van der Waals surface area contributed by atoms with Crippen molar-refractivity contribution in [1.82, 2.24) is 9.36 Å². The van der Waals surface area contributed by atoms with Crippen LogP contribution in [0.4, 0.5) is 10.8 Å². The second kappa shape index (κ2) is 8.97. The minimum absolute atomic E-state index is 0.493. The van der Waals surface area contributed by atoms with Crippen molar-refractivity contribution in [2.45, 2.75) is 18.2 Å².